The second-order valence-corrected chi connectivity index (χ2v) is 4.77. The lowest BCUT2D eigenvalue weighted by Gasteiger charge is -2.31. The van der Waals surface area contributed by atoms with E-state index in [2.05, 4.69) is 39.4 Å². The van der Waals surface area contributed by atoms with Crippen LogP contribution in [-0.2, 0) is 13.0 Å². The van der Waals surface area contributed by atoms with Crippen LogP contribution in [0.4, 0.5) is 5.69 Å². The van der Waals surface area contributed by atoms with Gasteiger partial charge < -0.3 is 9.47 Å². The normalized spacial score (nSPS) is 14.6. The Morgan fingerprint density at radius 1 is 1.06 bits per heavy atom. The lowest BCUT2D eigenvalue weighted by atomic mass is 10.0. The minimum absolute atomic E-state index is 0.992. The summed E-state index contributed by atoms with van der Waals surface area (Å²) >= 11 is 0. The van der Waals surface area contributed by atoms with Gasteiger partial charge >= 0.3 is 0 Å². The molecule has 94 valence electrons. The zero-order chi connectivity index (χ0) is 12.2. The Kier molecular flexibility index (Phi) is 3.26. The minimum Gasteiger partial charge on any atom is -0.371 e. The first-order valence-electron chi connectivity index (χ1n) is 6.59. The van der Waals surface area contributed by atoms with Gasteiger partial charge in [0.2, 0.25) is 0 Å². The molecule has 0 saturated carbocycles. The van der Waals surface area contributed by atoms with Gasteiger partial charge in [-0.25, -0.2) is 0 Å². The number of fused-ring (bicyclic) bond motifs is 1. The Morgan fingerprint density at radius 3 is 2.78 bits per heavy atom. The van der Waals surface area contributed by atoms with Gasteiger partial charge in [-0.1, -0.05) is 18.2 Å². The van der Waals surface area contributed by atoms with Crippen molar-refractivity contribution in [3.8, 4) is 0 Å². The van der Waals surface area contributed by atoms with Gasteiger partial charge in [0, 0.05) is 25.3 Å². The van der Waals surface area contributed by atoms with E-state index < -0.39 is 0 Å². The summed E-state index contributed by atoms with van der Waals surface area (Å²) in [7, 11) is 0. The van der Waals surface area contributed by atoms with E-state index in [1.165, 1.54) is 30.6 Å². The Labute approximate surface area is 107 Å². The molecule has 1 aromatic carbocycles. The highest BCUT2D eigenvalue weighted by molar-refractivity contribution is 5.55. The highest BCUT2D eigenvalue weighted by atomic mass is 15.2. The van der Waals surface area contributed by atoms with E-state index in [1.807, 2.05) is 4.57 Å². The first-order chi connectivity index (χ1) is 8.93. The van der Waals surface area contributed by atoms with Gasteiger partial charge in [-0.2, -0.15) is 0 Å². The molecule has 1 aliphatic rings. The summed E-state index contributed by atoms with van der Waals surface area (Å²) in [5, 5.41) is 7.65. The topological polar surface area (TPSA) is 34.0 Å². The summed E-state index contributed by atoms with van der Waals surface area (Å²) in [4.78, 5) is 2.50. The predicted octanol–water partition coefficient (Wildman–Crippen LogP) is 2.12. The van der Waals surface area contributed by atoms with Crippen molar-refractivity contribution in [2.45, 2.75) is 25.8 Å². The van der Waals surface area contributed by atoms with Crippen LogP contribution in [-0.4, -0.2) is 27.9 Å². The van der Waals surface area contributed by atoms with E-state index in [1.54, 1.807) is 12.7 Å². The first-order valence-corrected chi connectivity index (χ1v) is 6.59. The van der Waals surface area contributed by atoms with Gasteiger partial charge in [-0.15, -0.1) is 10.2 Å². The summed E-state index contributed by atoms with van der Waals surface area (Å²) in [5.74, 6) is 0. The highest BCUT2D eigenvalue weighted by Crippen LogP contribution is 2.26. The van der Waals surface area contributed by atoms with E-state index in [0.29, 0.717) is 0 Å². The lowest BCUT2D eigenvalue weighted by molar-refractivity contribution is 0.601. The summed E-state index contributed by atoms with van der Waals surface area (Å²) in [6, 6.07) is 8.77. The van der Waals surface area contributed by atoms with Crippen LogP contribution in [0.15, 0.2) is 36.9 Å². The second-order valence-electron chi connectivity index (χ2n) is 4.77. The maximum Gasteiger partial charge on any atom is 0.119 e. The fraction of sp³-hybridized carbons (Fsp3) is 0.429. The zero-order valence-corrected chi connectivity index (χ0v) is 10.5. The van der Waals surface area contributed by atoms with Gasteiger partial charge in [0.05, 0.1) is 0 Å². The molecule has 0 fully saturated rings. The fourth-order valence-electron chi connectivity index (χ4n) is 2.63. The molecule has 1 aromatic heterocycles. The van der Waals surface area contributed by atoms with Crippen molar-refractivity contribution < 1.29 is 0 Å². The minimum atomic E-state index is 0.992. The average molecular weight is 242 g/mol. The SMILES string of the molecule is c1ccc2c(c1)CCCN2CCCn1cnnc1. The maximum absolute atomic E-state index is 3.82. The molecule has 0 amide bonds. The molecular formula is C14H18N4. The molecule has 0 unspecified atom stereocenters. The number of benzene rings is 1. The van der Waals surface area contributed by atoms with Crippen molar-refractivity contribution in [3.05, 3.63) is 42.5 Å². The molecule has 4 nitrogen and oxygen atoms in total. The Balaban J connectivity index is 1.60. The van der Waals surface area contributed by atoms with Gasteiger partial charge in [-0.3, -0.25) is 0 Å². The van der Waals surface area contributed by atoms with Crippen LogP contribution in [0, 0.1) is 0 Å². The molecule has 0 bridgehead atoms. The quantitative estimate of drug-likeness (QED) is 0.823. The van der Waals surface area contributed by atoms with Gasteiger partial charge in [0.25, 0.3) is 0 Å². The number of hydrogen-bond acceptors (Lipinski definition) is 3. The number of aryl methyl sites for hydroxylation is 2. The summed E-state index contributed by atoms with van der Waals surface area (Å²) in [6.07, 6.45) is 7.18. The van der Waals surface area contributed by atoms with E-state index in [4.69, 9.17) is 0 Å². The molecule has 0 aliphatic carbocycles. The van der Waals surface area contributed by atoms with Crippen LogP contribution in [0.25, 0.3) is 0 Å². The third-order valence-corrected chi connectivity index (χ3v) is 3.52. The molecule has 0 spiro atoms. The molecule has 2 heterocycles. The molecule has 3 rings (SSSR count). The molecular weight excluding hydrogens is 224 g/mol. The van der Waals surface area contributed by atoms with Crippen LogP contribution >= 0.6 is 0 Å². The average Bonchev–Trinajstić information content (AvgIpc) is 2.92. The molecule has 0 radical (unpaired) electrons. The van der Waals surface area contributed by atoms with Gasteiger partial charge in [-0.05, 0) is 30.9 Å². The van der Waals surface area contributed by atoms with Crippen molar-refractivity contribution in [1.29, 1.82) is 0 Å². The van der Waals surface area contributed by atoms with Crippen molar-refractivity contribution >= 4 is 5.69 Å². The van der Waals surface area contributed by atoms with E-state index in [-0.39, 0.29) is 0 Å². The predicted molar refractivity (Wildman–Crippen MR) is 71.6 cm³/mol. The van der Waals surface area contributed by atoms with Crippen LogP contribution in [0.5, 0.6) is 0 Å². The Bertz CT molecular complexity index is 492. The Hall–Kier alpha value is -1.84. The van der Waals surface area contributed by atoms with Crippen LogP contribution < -0.4 is 4.90 Å². The van der Waals surface area contributed by atoms with Gasteiger partial charge in [0.15, 0.2) is 0 Å². The first kappa shape index (κ1) is 11.3. The van der Waals surface area contributed by atoms with Crippen molar-refractivity contribution in [3.63, 3.8) is 0 Å². The summed E-state index contributed by atoms with van der Waals surface area (Å²) in [5.41, 5.74) is 2.92. The van der Waals surface area contributed by atoms with Crippen LogP contribution in [0.2, 0.25) is 0 Å². The van der Waals surface area contributed by atoms with Crippen molar-refractivity contribution in [1.82, 2.24) is 14.8 Å². The maximum atomic E-state index is 3.82. The molecule has 0 atom stereocenters. The second kappa shape index (κ2) is 5.21. The molecule has 0 saturated heterocycles. The fourth-order valence-corrected chi connectivity index (χ4v) is 2.63. The smallest absolute Gasteiger partial charge is 0.119 e. The molecule has 18 heavy (non-hydrogen) atoms. The standard InChI is InChI=1S/C14H18N4/c1-2-7-14-13(5-1)6-3-9-18(14)10-4-8-17-11-15-16-12-17/h1-2,5,7,11-12H,3-4,6,8-10H2. The summed E-state index contributed by atoms with van der Waals surface area (Å²) < 4.78 is 2.04. The molecule has 4 heteroatoms. The number of anilines is 1. The van der Waals surface area contributed by atoms with E-state index >= 15 is 0 Å². The van der Waals surface area contributed by atoms with E-state index in [9.17, 15) is 0 Å². The molecule has 2 aromatic rings. The number of aromatic nitrogens is 3. The third-order valence-electron chi connectivity index (χ3n) is 3.52. The number of hydrogen-bond donors (Lipinski definition) is 0. The van der Waals surface area contributed by atoms with Crippen LogP contribution in [0.3, 0.4) is 0 Å². The van der Waals surface area contributed by atoms with E-state index in [0.717, 1.165) is 19.5 Å². The highest BCUT2D eigenvalue weighted by Gasteiger charge is 2.15. The third kappa shape index (κ3) is 2.37. The summed E-state index contributed by atoms with van der Waals surface area (Å²) in [6.45, 7) is 3.28. The number of nitrogens with zero attached hydrogens (tertiary/aromatic N) is 4. The van der Waals surface area contributed by atoms with Crippen molar-refractivity contribution in [2.24, 2.45) is 0 Å². The molecule has 1 aliphatic heterocycles. The van der Waals surface area contributed by atoms with Gasteiger partial charge in [0.1, 0.15) is 12.7 Å². The number of rotatable bonds is 4. The zero-order valence-electron chi connectivity index (χ0n) is 10.5. The monoisotopic (exact) mass is 242 g/mol. The lowest BCUT2D eigenvalue weighted by Crippen LogP contribution is -2.30. The number of para-hydroxylation sites is 1. The van der Waals surface area contributed by atoms with Crippen LogP contribution in [0.1, 0.15) is 18.4 Å². The van der Waals surface area contributed by atoms with Crippen molar-refractivity contribution in [2.75, 3.05) is 18.0 Å². The largest absolute Gasteiger partial charge is 0.371 e. The Morgan fingerprint density at radius 2 is 1.89 bits per heavy atom. The molecule has 0 N–H and O–H groups in total.